The van der Waals surface area contributed by atoms with Gasteiger partial charge in [-0.3, -0.25) is 4.79 Å². The summed E-state index contributed by atoms with van der Waals surface area (Å²) in [5.74, 6) is 1.10. The molecule has 1 atom stereocenters. The first kappa shape index (κ1) is 18.3. The minimum absolute atomic E-state index is 0.312. The Balaban J connectivity index is 1.97. The van der Waals surface area contributed by atoms with Gasteiger partial charge in [0.25, 0.3) is 5.91 Å². The van der Waals surface area contributed by atoms with Crippen LogP contribution in [0.5, 0.6) is 5.75 Å². The zero-order chi connectivity index (χ0) is 18.7. The number of carbonyl (C=O) groups is 1. The first-order valence-electron chi connectivity index (χ1n) is 7.86. The summed E-state index contributed by atoms with van der Waals surface area (Å²) in [7, 11) is 3.48. The minimum atomic E-state index is -0.455. The zero-order valence-corrected chi connectivity index (χ0v) is 15.8. The molecule has 3 aromatic rings. The van der Waals surface area contributed by atoms with E-state index >= 15 is 0 Å². The Labute approximate surface area is 161 Å². The fourth-order valence-corrected chi connectivity index (χ4v) is 3.00. The van der Waals surface area contributed by atoms with Crippen molar-refractivity contribution >= 4 is 29.1 Å². The third-order valence-corrected chi connectivity index (χ3v) is 4.58. The van der Waals surface area contributed by atoms with Crippen LogP contribution in [0.15, 0.2) is 54.9 Å². The SMILES string of the molecule is COc1ccc(C(NC(=O)c2cc(Cl)ccc2Cl)c2nccn2C)cc1. The van der Waals surface area contributed by atoms with Crippen molar-refractivity contribution in [3.05, 3.63) is 81.9 Å². The Morgan fingerprint density at radius 1 is 1.19 bits per heavy atom. The van der Waals surface area contributed by atoms with Crippen LogP contribution < -0.4 is 10.1 Å². The smallest absolute Gasteiger partial charge is 0.253 e. The number of imidazole rings is 1. The molecule has 0 aliphatic heterocycles. The molecular formula is C19H17Cl2N3O2. The number of halogens is 2. The largest absolute Gasteiger partial charge is 0.497 e. The van der Waals surface area contributed by atoms with Gasteiger partial charge in [-0.2, -0.15) is 0 Å². The highest BCUT2D eigenvalue weighted by Crippen LogP contribution is 2.25. The van der Waals surface area contributed by atoms with Crippen LogP contribution in [0.25, 0.3) is 0 Å². The predicted molar refractivity (Wildman–Crippen MR) is 102 cm³/mol. The lowest BCUT2D eigenvalue weighted by molar-refractivity contribution is 0.0941. The predicted octanol–water partition coefficient (Wildman–Crippen LogP) is 4.25. The molecule has 0 aliphatic rings. The van der Waals surface area contributed by atoms with Crippen molar-refractivity contribution in [1.82, 2.24) is 14.9 Å². The summed E-state index contributed by atoms with van der Waals surface area (Å²) < 4.78 is 7.06. The van der Waals surface area contributed by atoms with E-state index in [1.54, 1.807) is 31.5 Å². The summed E-state index contributed by atoms with van der Waals surface area (Å²) in [6, 6.07) is 11.8. The number of rotatable bonds is 5. The summed E-state index contributed by atoms with van der Waals surface area (Å²) in [4.78, 5) is 17.2. The van der Waals surface area contributed by atoms with Crippen molar-refractivity contribution in [3.63, 3.8) is 0 Å². The molecule has 3 rings (SSSR count). The molecule has 5 nitrogen and oxygen atoms in total. The van der Waals surface area contributed by atoms with Crippen LogP contribution in [-0.4, -0.2) is 22.6 Å². The van der Waals surface area contributed by atoms with Crippen molar-refractivity contribution in [1.29, 1.82) is 0 Å². The number of hydrogen-bond acceptors (Lipinski definition) is 3. The Morgan fingerprint density at radius 2 is 1.92 bits per heavy atom. The third kappa shape index (κ3) is 3.84. The fraction of sp³-hybridized carbons (Fsp3) is 0.158. The standard InChI is InChI=1S/C19H17Cl2N3O2/c1-24-10-9-22-18(24)17(12-3-6-14(26-2)7-4-12)23-19(25)15-11-13(20)5-8-16(15)21/h3-11,17H,1-2H3,(H,23,25). The van der Waals surface area contributed by atoms with Crippen molar-refractivity contribution in [2.75, 3.05) is 7.11 Å². The number of hydrogen-bond donors (Lipinski definition) is 1. The van der Waals surface area contributed by atoms with Crippen LogP contribution in [0.3, 0.4) is 0 Å². The molecule has 7 heteroatoms. The number of benzene rings is 2. The number of aryl methyl sites for hydroxylation is 1. The molecule has 0 spiro atoms. The Morgan fingerprint density at radius 3 is 2.54 bits per heavy atom. The van der Waals surface area contributed by atoms with E-state index in [1.165, 1.54) is 0 Å². The van der Waals surface area contributed by atoms with Crippen molar-refractivity contribution in [2.45, 2.75) is 6.04 Å². The van der Waals surface area contributed by atoms with Crippen molar-refractivity contribution < 1.29 is 9.53 Å². The van der Waals surface area contributed by atoms with Crippen molar-refractivity contribution in [2.24, 2.45) is 7.05 Å². The van der Waals surface area contributed by atoms with E-state index in [4.69, 9.17) is 27.9 Å². The second kappa shape index (κ2) is 7.81. The summed E-state index contributed by atoms with van der Waals surface area (Å²) in [6.07, 6.45) is 3.51. The molecule has 0 radical (unpaired) electrons. The van der Waals surface area contributed by atoms with Gasteiger partial charge in [-0.15, -0.1) is 0 Å². The fourth-order valence-electron chi connectivity index (χ4n) is 2.63. The third-order valence-electron chi connectivity index (χ3n) is 4.01. The van der Waals surface area contributed by atoms with Crippen LogP contribution in [0.1, 0.15) is 27.8 Å². The summed E-state index contributed by atoms with van der Waals surface area (Å²) >= 11 is 12.2. The van der Waals surface area contributed by atoms with E-state index in [0.717, 1.165) is 11.3 Å². The molecule has 0 fully saturated rings. The lowest BCUT2D eigenvalue weighted by Gasteiger charge is -2.20. The maximum absolute atomic E-state index is 12.8. The monoisotopic (exact) mass is 389 g/mol. The number of methoxy groups -OCH3 is 1. The molecule has 0 saturated heterocycles. The molecule has 2 aromatic carbocycles. The van der Waals surface area contributed by atoms with Crippen LogP contribution in [-0.2, 0) is 7.05 Å². The van der Waals surface area contributed by atoms with E-state index in [0.29, 0.717) is 21.4 Å². The summed E-state index contributed by atoms with van der Waals surface area (Å²) in [6.45, 7) is 0. The highest BCUT2D eigenvalue weighted by atomic mass is 35.5. The summed E-state index contributed by atoms with van der Waals surface area (Å²) in [5, 5.41) is 3.77. The van der Waals surface area contributed by atoms with Crippen LogP contribution in [0.2, 0.25) is 10.0 Å². The Hall–Kier alpha value is -2.50. The maximum Gasteiger partial charge on any atom is 0.253 e. The second-order valence-electron chi connectivity index (χ2n) is 5.70. The average molecular weight is 390 g/mol. The molecule has 0 aliphatic carbocycles. The molecule has 26 heavy (non-hydrogen) atoms. The highest BCUT2D eigenvalue weighted by Gasteiger charge is 2.22. The van der Waals surface area contributed by atoms with Gasteiger partial charge in [0.1, 0.15) is 17.6 Å². The first-order valence-corrected chi connectivity index (χ1v) is 8.62. The van der Waals surface area contributed by atoms with Crippen molar-refractivity contribution in [3.8, 4) is 5.75 Å². The quantitative estimate of drug-likeness (QED) is 0.709. The van der Waals surface area contributed by atoms with E-state index < -0.39 is 6.04 Å². The van der Waals surface area contributed by atoms with Gasteiger partial charge in [0.05, 0.1) is 17.7 Å². The van der Waals surface area contributed by atoms with Gasteiger partial charge in [0, 0.05) is 24.5 Å². The van der Waals surface area contributed by atoms with E-state index in [-0.39, 0.29) is 5.91 Å². The van der Waals surface area contributed by atoms with E-state index in [9.17, 15) is 4.79 Å². The number of nitrogens with zero attached hydrogens (tertiary/aromatic N) is 2. The lowest BCUT2D eigenvalue weighted by atomic mass is 10.0. The minimum Gasteiger partial charge on any atom is -0.497 e. The normalized spacial score (nSPS) is 11.8. The number of carbonyl (C=O) groups excluding carboxylic acids is 1. The van der Waals surface area contributed by atoms with Crippen LogP contribution in [0.4, 0.5) is 0 Å². The molecule has 1 aromatic heterocycles. The average Bonchev–Trinajstić information content (AvgIpc) is 3.07. The lowest BCUT2D eigenvalue weighted by Crippen LogP contribution is -2.31. The topological polar surface area (TPSA) is 56.1 Å². The molecule has 1 amide bonds. The van der Waals surface area contributed by atoms with Gasteiger partial charge in [-0.1, -0.05) is 35.3 Å². The second-order valence-corrected chi connectivity index (χ2v) is 6.54. The zero-order valence-electron chi connectivity index (χ0n) is 14.2. The Kier molecular flexibility index (Phi) is 5.49. The first-order chi connectivity index (χ1) is 12.5. The molecule has 0 saturated carbocycles. The van der Waals surface area contributed by atoms with Crippen LogP contribution >= 0.6 is 23.2 Å². The summed E-state index contributed by atoms with van der Waals surface area (Å²) in [5.41, 5.74) is 1.18. The maximum atomic E-state index is 12.8. The Bertz CT molecular complexity index is 923. The molecule has 1 N–H and O–H groups in total. The number of aromatic nitrogens is 2. The van der Waals surface area contributed by atoms with E-state index in [2.05, 4.69) is 10.3 Å². The van der Waals surface area contributed by atoms with E-state index in [1.807, 2.05) is 42.1 Å². The van der Waals surface area contributed by atoms with Gasteiger partial charge in [0.15, 0.2) is 0 Å². The number of amides is 1. The molecular weight excluding hydrogens is 373 g/mol. The van der Waals surface area contributed by atoms with Crippen LogP contribution in [0, 0.1) is 0 Å². The molecule has 134 valence electrons. The van der Waals surface area contributed by atoms with Gasteiger partial charge in [-0.25, -0.2) is 4.98 Å². The number of nitrogens with one attached hydrogen (secondary N) is 1. The molecule has 1 heterocycles. The molecule has 1 unspecified atom stereocenters. The number of ether oxygens (including phenoxy) is 1. The van der Waals surface area contributed by atoms with Gasteiger partial charge in [-0.05, 0) is 35.9 Å². The highest BCUT2D eigenvalue weighted by molar-refractivity contribution is 6.35. The van der Waals surface area contributed by atoms with Gasteiger partial charge >= 0.3 is 0 Å². The van der Waals surface area contributed by atoms with Gasteiger partial charge in [0.2, 0.25) is 0 Å². The van der Waals surface area contributed by atoms with Gasteiger partial charge < -0.3 is 14.6 Å². The molecule has 0 bridgehead atoms.